The number of anilines is 1. The monoisotopic (exact) mass is 424 g/mol. The van der Waals surface area contributed by atoms with Gasteiger partial charge in [-0.25, -0.2) is 13.7 Å². The number of nitrogens with one attached hydrogen (secondary N) is 1. The van der Waals surface area contributed by atoms with Crippen molar-refractivity contribution >= 4 is 16.6 Å². The van der Waals surface area contributed by atoms with Gasteiger partial charge in [-0.05, 0) is 13.0 Å². The molecule has 1 unspecified atom stereocenters. The van der Waals surface area contributed by atoms with Gasteiger partial charge in [-0.3, -0.25) is 9.59 Å². The molecule has 0 aliphatic carbocycles. The molecule has 1 atom stereocenters. The van der Waals surface area contributed by atoms with Gasteiger partial charge in [0.1, 0.15) is 11.9 Å². The van der Waals surface area contributed by atoms with E-state index in [-0.39, 0.29) is 16.5 Å². The molecule has 2 aromatic heterocycles. The van der Waals surface area contributed by atoms with Crippen LogP contribution in [0, 0.1) is 17.1 Å². The maximum atomic E-state index is 14.6. The van der Waals surface area contributed by atoms with Crippen molar-refractivity contribution in [2.75, 3.05) is 36.6 Å². The average Bonchev–Trinajstić information content (AvgIpc) is 2.77. The topological polar surface area (TPSA) is 105 Å². The maximum Gasteiger partial charge on any atom is 0.274 e. The van der Waals surface area contributed by atoms with Crippen molar-refractivity contribution in [3.8, 4) is 6.07 Å². The highest BCUT2D eigenvalue weighted by molar-refractivity contribution is 5.90. The van der Waals surface area contributed by atoms with Gasteiger partial charge >= 0.3 is 0 Å². The first-order chi connectivity index (χ1) is 14.9. The van der Waals surface area contributed by atoms with E-state index in [1.165, 1.54) is 23.9 Å². The first-order valence-electron chi connectivity index (χ1n) is 9.82. The van der Waals surface area contributed by atoms with Gasteiger partial charge in [-0.2, -0.15) is 10.4 Å². The van der Waals surface area contributed by atoms with E-state index in [1.807, 2.05) is 11.1 Å². The van der Waals surface area contributed by atoms with Crippen molar-refractivity contribution in [3.05, 3.63) is 68.1 Å². The minimum absolute atomic E-state index is 0.0504. The number of aryl methyl sites for hydroxylation is 1. The number of pyridine rings is 1. The lowest BCUT2D eigenvalue weighted by Gasteiger charge is -2.30. The van der Waals surface area contributed by atoms with Gasteiger partial charge in [0.05, 0.1) is 48.7 Å². The van der Waals surface area contributed by atoms with E-state index in [9.17, 15) is 14.0 Å². The van der Waals surface area contributed by atoms with Crippen LogP contribution in [-0.2, 0) is 11.8 Å². The molecule has 0 bridgehead atoms. The summed E-state index contributed by atoms with van der Waals surface area (Å²) in [7, 11) is 1.49. The first-order valence-corrected chi connectivity index (χ1v) is 9.82. The summed E-state index contributed by atoms with van der Waals surface area (Å²) in [6, 6.07) is 7.18. The third-order valence-electron chi connectivity index (χ3n) is 5.33. The van der Waals surface area contributed by atoms with Crippen molar-refractivity contribution in [1.82, 2.24) is 14.5 Å². The van der Waals surface area contributed by atoms with E-state index in [0.29, 0.717) is 43.1 Å². The number of rotatable bonds is 4. The smallest absolute Gasteiger partial charge is 0.274 e. The number of halogens is 1. The summed E-state index contributed by atoms with van der Waals surface area (Å²) in [5, 5.41) is 19.0. The summed E-state index contributed by atoms with van der Waals surface area (Å²) in [6.07, 6.45) is 1.58. The first kappa shape index (κ1) is 20.6. The summed E-state index contributed by atoms with van der Waals surface area (Å²) < 4.78 is 22.6. The fourth-order valence-electron chi connectivity index (χ4n) is 3.66. The molecule has 1 aliphatic rings. The van der Waals surface area contributed by atoms with Gasteiger partial charge in [0, 0.05) is 24.9 Å². The van der Waals surface area contributed by atoms with Crippen LogP contribution in [0.25, 0.3) is 10.8 Å². The molecule has 0 radical (unpaired) electrons. The molecule has 0 amide bonds. The second kappa shape index (κ2) is 8.20. The van der Waals surface area contributed by atoms with E-state index >= 15 is 0 Å². The summed E-state index contributed by atoms with van der Waals surface area (Å²) >= 11 is 0. The van der Waals surface area contributed by atoms with Gasteiger partial charge < -0.3 is 15.1 Å². The third-order valence-corrected chi connectivity index (χ3v) is 5.33. The molecule has 0 spiro atoms. The predicted octanol–water partition coefficient (Wildman–Crippen LogP) is 1.25. The summed E-state index contributed by atoms with van der Waals surface area (Å²) in [5.41, 5.74) is -0.489. The molecule has 10 heteroatoms. The van der Waals surface area contributed by atoms with Gasteiger partial charge in [-0.1, -0.05) is 12.1 Å². The fourth-order valence-corrected chi connectivity index (χ4v) is 3.66. The molecule has 1 fully saturated rings. The number of benzene rings is 1. The standard InChI is InChI=1S/C21H21FN6O3/c1-13(15-5-3-4-14(11-23)19(15)22)24-20-17-12-28(27-6-8-31-9-7-27)18(29)10-16(17)21(30)26(2)25-20/h3-5,10,12-13H,6-9H2,1-2H3,(H,24,25). The number of fused-ring (bicyclic) bond motifs is 1. The highest BCUT2D eigenvalue weighted by Crippen LogP contribution is 2.25. The molecule has 1 N–H and O–H groups in total. The van der Waals surface area contributed by atoms with Crippen LogP contribution >= 0.6 is 0 Å². The van der Waals surface area contributed by atoms with E-state index in [4.69, 9.17) is 10.00 Å². The second-order valence-electron chi connectivity index (χ2n) is 7.31. The zero-order valence-corrected chi connectivity index (χ0v) is 17.1. The molecular formula is C21H21FN6O3. The Kier molecular flexibility index (Phi) is 5.44. The number of aromatic nitrogens is 3. The second-order valence-corrected chi connectivity index (χ2v) is 7.31. The Morgan fingerprint density at radius 3 is 2.71 bits per heavy atom. The largest absolute Gasteiger partial charge is 0.378 e. The number of morpholine rings is 1. The molecule has 31 heavy (non-hydrogen) atoms. The van der Waals surface area contributed by atoms with Crippen LogP contribution in [0.5, 0.6) is 0 Å². The van der Waals surface area contributed by atoms with Crippen molar-refractivity contribution in [2.24, 2.45) is 7.05 Å². The minimum Gasteiger partial charge on any atom is -0.378 e. The Balaban J connectivity index is 1.82. The number of ether oxygens (including phenoxy) is 1. The normalized spacial score (nSPS) is 15.0. The lowest BCUT2D eigenvalue weighted by Crippen LogP contribution is -2.48. The maximum absolute atomic E-state index is 14.6. The fraction of sp³-hybridized carbons (Fsp3) is 0.333. The van der Waals surface area contributed by atoms with E-state index in [2.05, 4.69) is 10.4 Å². The summed E-state index contributed by atoms with van der Waals surface area (Å²) in [6.45, 7) is 3.80. The number of hydrogen-bond acceptors (Lipinski definition) is 7. The van der Waals surface area contributed by atoms with Crippen LogP contribution in [0.1, 0.15) is 24.1 Å². The van der Waals surface area contributed by atoms with Gasteiger partial charge in [0.15, 0.2) is 5.82 Å². The van der Waals surface area contributed by atoms with Gasteiger partial charge in [0.2, 0.25) is 0 Å². The molecule has 1 aliphatic heterocycles. The van der Waals surface area contributed by atoms with Crippen LogP contribution in [0.4, 0.5) is 10.2 Å². The van der Waals surface area contributed by atoms with E-state index in [1.54, 1.807) is 25.3 Å². The molecule has 1 aromatic carbocycles. The molecule has 1 saturated heterocycles. The molecule has 0 saturated carbocycles. The van der Waals surface area contributed by atoms with Crippen LogP contribution in [-0.4, -0.2) is 40.8 Å². The molecule has 3 aromatic rings. The Morgan fingerprint density at radius 1 is 1.26 bits per heavy atom. The third kappa shape index (κ3) is 3.75. The van der Waals surface area contributed by atoms with E-state index < -0.39 is 17.4 Å². The Hall–Kier alpha value is -3.71. The summed E-state index contributed by atoms with van der Waals surface area (Å²) in [4.78, 5) is 25.3. The highest BCUT2D eigenvalue weighted by Gasteiger charge is 2.19. The lowest BCUT2D eigenvalue weighted by atomic mass is 10.0. The average molecular weight is 424 g/mol. The zero-order chi connectivity index (χ0) is 22.1. The predicted molar refractivity (Wildman–Crippen MR) is 113 cm³/mol. The summed E-state index contributed by atoms with van der Waals surface area (Å²) in [5.74, 6) is -0.280. The molecule has 3 heterocycles. The van der Waals surface area contributed by atoms with Crippen molar-refractivity contribution < 1.29 is 9.13 Å². The van der Waals surface area contributed by atoms with Gasteiger partial charge in [-0.15, -0.1) is 0 Å². The Morgan fingerprint density at radius 2 is 2.00 bits per heavy atom. The molecular weight excluding hydrogens is 403 g/mol. The zero-order valence-electron chi connectivity index (χ0n) is 17.1. The Labute approximate surface area is 176 Å². The van der Waals surface area contributed by atoms with Gasteiger partial charge in [0.25, 0.3) is 11.1 Å². The van der Waals surface area contributed by atoms with Crippen LogP contribution in [0.3, 0.4) is 0 Å². The van der Waals surface area contributed by atoms with Crippen molar-refractivity contribution in [3.63, 3.8) is 0 Å². The van der Waals surface area contributed by atoms with Crippen molar-refractivity contribution in [1.29, 1.82) is 5.26 Å². The van der Waals surface area contributed by atoms with Crippen LogP contribution < -0.4 is 21.4 Å². The highest BCUT2D eigenvalue weighted by atomic mass is 19.1. The van der Waals surface area contributed by atoms with Crippen LogP contribution in [0.2, 0.25) is 0 Å². The molecule has 160 valence electrons. The van der Waals surface area contributed by atoms with E-state index in [0.717, 1.165) is 4.68 Å². The van der Waals surface area contributed by atoms with Crippen molar-refractivity contribution in [2.45, 2.75) is 13.0 Å². The molecule has 4 rings (SSSR count). The number of nitriles is 1. The lowest BCUT2D eigenvalue weighted by molar-refractivity contribution is 0.111. The number of nitrogens with zero attached hydrogens (tertiary/aromatic N) is 5. The Bertz CT molecular complexity index is 1300. The number of hydrogen-bond donors (Lipinski definition) is 1. The minimum atomic E-state index is -0.607. The molecule has 9 nitrogen and oxygen atoms in total. The quantitative estimate of drug-likeness (QED) is 0.672. The van der Waals surface area contributed by atoms with Crippen LogP contribution in [0.15, 0.2) is 40.1 Å². The SMILES string of the molecule is CC(Nc1nn(C)c(=O)c2cc(=O)n(N3CCOCC3)cc12)c1cccc(C#N)c1F.